The normalized spacial score (nSPS) is 10.6. The Morgan fingerprint density at radius 2 is 1.95 bits per heavy atom. The summed E-state index contributed by atoms with van der Waals surface area (Å²) in [7, 11) is 3.74. The molecule has 6 nitrogen and oxygen atoms in total. The first kappa shape index (κ1) is 13.6. The molecule has 3 aromatic rings. The number of nitrogens with zero attached hydrogens (tertiary/aromatic N) is 5. The summed E-state index contributed by atoms with van der Waals surface area (Å²) in [6.07, 6.45) is 1.67. The number of nitrogens with one attached hydrogen (secondary N) is 1. The number of rotatable bonds is 4. The van der Waals surface area contributed by atoms with Crippen LogP contribution in [0.3, 0.4) is 0 Å². The number of hydrogen-bond acceptors (Lipinski definition) is 6. The molecule has 0 aliphatic rings. The summed E-state index contributed by atoms with van der Waals surface area (Å²) < 4.78 is 1.86. The van der Waals surface area contributed by atoms with Crippen LogP contribution in [-0.2, 0) is 7.05 Å². The smallest absolute Gasteiger partial charge is 0.197 e. The number of aromatic nitrogens is 5. The monoisotopic (exact) mass is 298 g/mol. The number of benzene rings is 1. The van der Waals surface area contributed by atoms with E-state index >= 15 is 0 Å². The lowest BCUT2D eigenvalue weighted by atomic mass is 10.2. The molecule has 0 saturated heterocycles. The first-order valence-electron chi connectivity index (χ1n) is 6.40. The maximum atomic E-state index is 4.60. The molecule has 0 aliphatic heterocycles. The van der Waals surface area contributed by atoms with E-state index in [4.69, 9.17) is 0 Å². The molecule has 2 heterocycles. The first-order valence-corrected chi connectivity index (χ1v) is 7.22. The van der Waals surface area contributed by atoms with Crippen LogP contribution in [0.1, 0.15) is 0 Å². The molecule has 0 unspecified atom stereocenters. The zero-order chi connectivity index (χ0) is 14.7. The van der Waals surface area contributed by atoms with E-state index in [9.17, 15) is 0 Å². The van der Waals surface area contributed by atoms with Gasteiger partial charge in [-0.05, 0) is 11.8 Å². The summed E-state index contributed by atoms with van der Waals surface area (Å²) in [6.45, 7) is 0. The highest BCUT2D eigenvalue weighted by Crippen LogP contribution is 2.27. The summed E-state index contributed by atoms with van der Waals surface area (Å²) in [4.78, 5) is 9.09. The Morgan fingerprint density at radius 1 is 1.14 bits per heavy atom. The van der Waals surface area contributed by atoms with Gasteiger partial charge in [-0.15, -0.1) is 10.2 Å². The van der Waals surface area contributed by atoms with Crippen molar-refractivity contribution in [2.75, 3.05) is 12.4 Å². The molecule has 21 heavy (non-hydrogen) atoms. The summed E-state index contributed by atoms with van der Waals surface area (Å²) >= 11 is 1.46. The molecule has 0 saturated carbocycles. The number of aryl methyl sites for hydroxylation is 1. The van der Waals surface area contributed by atoms with Crippen molar-refractivity contribution in [3.8, 4) is 11.4 Å². The largest absolute Gasteiger partial charge is 0.373 e. The Balaban J connectivity index is 1.99. The van der Waals surface area contributed by atoms with Crippen LogP contribution in [0, 0.1) is 0 Å². The third kappa shape index (κ3) is 3.03. The van der Waals surface area contributed by atoms with Crippen molar-refractivity contribution < 1.29 is 0 Å². The minimum Gasteiger partial charge on any atom is -0.373 e. The Morgan fingerprint density at radius 3 is 2.62 bits per heavy atom. The first-order chi connectivity index (χ1) is 10.3. The van der Waals surface area contributed by atoms with Crippen molar-refractivity contribution >= 4 is 17.6 Å². The van der Waals surface area contributed by atoms with E-state index in [1.54, 1.807) is 6.33 Å². The maximum Gasteiger partial charge on any atom is 0.197 e. The van der Waals surface area contributed by atoms with E-state index in [0.717, 1.165) is 21.6 Å². The fraction of sp³-hybridized carbons (Fsp3) is 0.143. The van der Waals surface area contributed by atoms with Crippen LogP contribution < -0.4 is 5.32 Å². The van der Waals surface area contributed by atoms with E-state index in [2.05, 4.69) is 25.5 Å². The average molecular weight is 298 g/mol. The van der Waals surface area contributed by atoms with Gasteiger partial charge in [0, 0.05) is 25.7 Å². The number of hydrogen-bond donors (Lipinski definition) is 1. The highest BCUT2D eigenvalue weighted by Gasteiger charge is 2.10. The van der Waals surface area contributed by atoms with Gasteiger partial charge in [0.2, 0.25) is 0 Å². The molecule has 7 heteroatoms. The van der Waals surface area contributed by atoms with Gasteiger partial charge in [-0.25, -0.2) is 9.97 Å². The number of anilines is 1. The molecular weight excluding hydrogens is 284 g/mol. The molecule has 3 rings (SSSR count). The SMILES string of the molecule is CNc1cc(Sc2nncn2C)nc(-c2ccccc2)n1. The fourth-order valence-electron chi connectivity index (χ4n) is 1.78. The molecule has 1 N–H and O–H groups in total. The molecule has 0 atom stereocenters. The van der Waals surface area contributed by atoms with E-state index < -0.39 is 0 Å². The van der Waals surface area contributed by atoms with Crippen molar-refractivity contribution in [1.29, 1.82) is 0 Å². The molecule has 0 radical (unpaired) electrons. The van der Waals surface area contributed by atoms with Gasteiger partial charge >= 0.3 is 0 Å². The Kier molecular flexibility index (Phi) is 3.83. The molecule has 0 fully saturated rings. The third-order valence-corrected chi connectivity index (χ3v) is 3.83. The molecule has 106 valence electrons. The third-order valence-electron chi connectivity index (χ3n) is 2.86. The van der Waals surface area contributed by atoms with Crippen LogP contribution >= 0.6 is 11.8 Å². The van der Waals surface area contributed by atoms with Crippen molar-refractivity contribution in [1.82, 2.24) is 24.7 Å². The topological polar surface area (TPSA) is 68.5 Å². The molecule has 0 spiro atoms. The fourth-order valence-corrected chi connectivity index (χ4v) is 2.55. The van der Waals surface area contributed by atoms with Crippen molar-refractivity contribution in [2.45, 2.75) is 10.2 Å². The molecular formula is C14H14N6S. The standard InChI is InChI=1S/C14H14N6S/c1-15-11-8-12(21-14-19-16-9-20(14)2)18-13(17-11)10-6-4-3-5-7-10/h3-9H,1-2H3,(H,15,17,18). The van der Waals surface area contributed by atoms with Crippen LogP contribution in [0.5, 0.6) is 0 Å². The predicted octanol–water partition coefficient (Wildman–Crippen LogP) is 2.46. The maximum absolute atomic E-state index is 4.60. The van der Waals surface area contributed by atoms with Crippen LogP contribution in [0.25, 0.3) is 11.4 Å². The summed E-state index contributed by atoms with van der Waals surface area (Å²) in [5.74, 6) is 1.46. The highest BCUT2D eigenvalue weighted by atomic mass is 32.2. The zero-order valence-electron chi connectivity index (χ0n) is 11.7. The molecule has 2 aromatic heterocycles. The summed E-state index contributed by atoms with van der Waals surface area (Å²) in [6, 6.07) is 11.8. The van der Waals surface area contributed by atoms with Gasteiger partial charge in [0.25, 0.3) is 0 Å². The Bertz CT molecular complexity index is 740. The van der Waals surface area contributed by atoms with Gasteiger partial charge in [0.1, 0.15) is 17.2 Å². The lowest BCUT2D eigenvalue weighted by Crippen LogP contribution is -1.99. The second-order valence-electron chi connectivity index (χ2n) is 4.36. The van der Waals surface area contributed by atoms with Crippen molar-refractivity contribution in [3.05, 3.63) is 42.7 Å². The quantitative estimate of drug-likeness (QED) is 0.746. The average Bonchev–Trinajstić information content (AvgIpc) is 2.93. The molecule has 0 aliphatic carbocycles. The Labute approximate surface area is 126 Å². The summed E-state index contributed by atoms with van der Waals surface area (Å²) in [5, 5.41) is 12.6. The van der Waals surface area contributed by atoms with Gasteiger partial charge in [-0.3, -0.25) is 0 Å². The van der Waals surface area contributed by atoms with Gasteiger partial charge in [-0.1, -0.05) is 30.3 Å². The van der Waals surface area contributed by atoms with E-state index in [0.29, 0.717) is 5.82 Å². The second-order valence-corrected chi connectivity index (χ2v) is 5.35. The van der Waals surface area contributed by atoms with Gasteiger partial charge < -0.3 is 9.88 Å². The highest BCUT2D eigenvalue weighted by molar-refractivity contribution is 7.99. The van der Waals surface area contributed by atoms with Crippen molar-refractivity contribution in [2.24, 2.45) is 7.05 Å². The van der Waals surface area contributed by atoms with E-state index in [1.165, 1.54) is 11.8 Å². The van der Waals surface area contributed by atoms with Crippen LogP contribution in [0.2, 0.25) is 0 Å². The van der Waals surface area contributed by atoms with Crippen LogP contribution in [0.4, 0.5) is 5.82 Å². The van der Waals surface area contributed by atoms with Gasteiger partial charge in [0.05, 0.1) is 0 Å². The van der Waals surface area contributed by atoms with Crippen molar-refractivity contribution in [3.63, 3.8) is 0 Å². The molecule has 0 bridgehead atoms. The Hall–Kier alpha value is -2.41. The lowest BCUT2D eigenvalue weighted by molar-refractivity contribution is 0.787. The molecule has 1 aromatic carbocycles. The van der Waals surface area contributed by atoms with Gasteiger partial charge in [-0.2, -0.15) is 0 Å². The molecule has 0 amide bonds. The van der Waals surface area contributed by atoms with Crippen LogP contribution in [0.15, 0.2) is 52.9 Å². The van der Waals surface area contributed by atoms with Crippen LogP contribution in [-0.4, -0.2) is 31.8 Å². The lowest BCUT2D eigenvalue weighted by Gasteiger charge is -2.07. The van der Waals surface area contributed by atoms with Gasteiger partial charge in [0.15, 0.2) is 11.0 Å². The second kappa shape index (κ2) is 5.92. The zero-order valence-corrected chi connectivity index (χ0v) is 12.5. The van der Waals surface area contributed by atoms with E-state index in [1.807, 2.05) is 55.1 Å². The van der Waals surface area contributed by atoms with E-state index in [-0.39, 0.29) is 0 Å². The summed E-state index contributed by atoms with van der Waals surface area (Å²) in [5.41, 5.74) is 0.981. The minimum absolute atomic E-state index is 0.687. The minimum atomic E-state index is 0.687. The predicted molar refractivity (Wildman–Crippen MR) is 82.1 cm³/mol.